The summed E-state index contributed by atoms with van der Waals surface area (Å²) in [5, 5.41) is 1.10. The average Bonchev–Trinajstić information content (AvgIpc) is 3.19. The third kappa shape index (κ3) is 4.10. The van der Waals surface area contributed by atoms with Gasteiger partial charge in [0, 0.05) is 49.3 Å². The Hall–Kier alpha value is -3.09. The van der Waals surface area contributed by atoms with Crippen molar-refractivity contribution in [3.8, 4) is 0 Å². The minimum Gasteiger partial charge on any atom is -0.378 e. The zero-order chi connectivity index (χ0) is 21.1. The molecule has 0 radical (unpaired) electrons. The SMILES string of the molecule is CN(C)c1ccc(C(CNS(=O)(=O)c2ccccc2)c2c[nH]c3ccccc23)cc1. The highest BCUT2D eigenvalue weighted by Crippen LogP contribution is 2.31. The monoisotopic (exact) mass is 419 g/mol. The van der Waals surface area contributed by atoms with E-state index in [1.54, 1.807) is 30.3 Å². The first kappa shape index (κ1) is 20.2. The number of aromatic nitrogens is 1. The first-order chi connectivity index (χ1) is 14.5. The minimum absolute atomic E-state index is 0.129. The lowest BCUT2D eigenvalue weighted by Gasteiger charge is -2.20. The number of fused-ring (bicyclic) bond motifs is 1. The van der Waals surface area contributed by atoms with Gasteiger partial charge in [0.1, 0.15) is 0 Å². The van der Waals surface area contributed by atoms with Crippen molar-refractivity contribution in [1.82, 2.24) is 9.71 Å². The summed E-state index contributed by atoms with van der Waals surface area (Å²) in [4.78, 5) is 5.62. The fraction of sp³-hybridized carbons (Fsp3) is 0.167. The number of nitrogens with one attached hydrogen (secondary N) is 2. The molecule has 5 nitrogen and oxygen atoms in total. The lowest BCUT2D eigenvalue weighted by atomic mass is 9.91. The Morgan fingerprint density at radius 2 is 1.57 bits per heavy atom. The third-order valence-corrected chi connectivity index (χ3v) is 6.78. The van der Waals surface area contributed by atoms with Crippen molar-refractivity contribution in [2.45, 2.75) is 10.8 Å². The zero-order valence-electron chi connectivity index (χ0n) is 17.0. The van der Waals surface area contributed by atoms with Gasteiger partial charge < -0.3 is 9.88 Å². The molecule has 0 aliphatic rings. The number of rotatable bonds is 7. The second-order valence-corrected chi connectivity index (χ2v) is 9.26. The highest BCUT2D eigenvalue weighted by Gasteiger charge is 2.22. The second-order valence-electron chi connectivity index (χ2n) is 7.49. The van der Waals surface area contributed by atoms with E-state index in [2.05, 4.69) is 40.0 Å². The predicted molar refractivity (Wildman–Crippen MR) is 123 cm³/mol. The first-order valence-corrected chi connectivity index (χ1v) is 11.3. The number of hydrogen-bond donors (Lipinski definition) is 2. The zero-order valence-corrected chi connectivity index (χ0v) is 17.9. The number of para-hydroxylation sites is 1. The molecule has 0 amide bonds. The van der Waals surface area contributed by atoms with Gasteiger partial charge in [-0.2, -0.15) is 0 Å². The van der Waals surface area contributed by atoms with Gasteiger partial charge in [0.15, 0.2) is 0 Å². The number of hydrogen-bond acceptors (Lipinski definition) is 3. The average molecular weight is 420 g/mol. The van der Waals surface area contributed by atoms with Crippen molar-refractivity contribution in [3.05, 3.63) is 96.2 Å². The van der Waals surface area contributed by atoms with Crippen molar-refractivity contribution in [2.24, 2.45) is 0 Å². The van der Waals surface area contributed by atoms with Crippen LogP contribution < -0.4 is 9.62 Å². The van der Waals surface area contributed by atoms with Crippen LogP contribution in [0, 0.1) is 0 Å². The van der Waals surface area contributed by atoms with E-state index in [0.717, 1.165) is 27.7 Å². The van der Waals surface area contributed by atoms with Gasteiger partial charge in [-0.25, -0.2) is 13.1 Å². The molecule has 3 aromatic carbocycles. The fourth-order valence-electron chi connectivity index (χ4n) is 3.67. The number of anilines is 1. The molecule has 0 aliphatic heterocycles. The van der Waals surface area contributed by atoms with Crippen molar-refractivity contribution in [2.75, 3.05) is 25.5 Å². The summed E-state index contributed by atoms with van der Waals surface area (Å²) in [5.74, 6) is -0.129. The Kier molecular flexibility index (Phi) is 5.61. The molecule has 0 spiro atoms. The van der Waals surface area contributed by atoms with Crippen LogP contribution in [0.4, 0.5) is 5.69 Å². The van der Waals surface area contributed by atoms with Crippen LogP contribution in [0.5, 0.6) is 0 Å². The molecule has 1 aromatic heterocycles. The molecule has 0 saturated heterocycles. The van der Waals surface area contributed by atoms with E-state index in [9.17, 15) is 8.42 Å². The molecular formula is C24H25N3O2S. The van der Waals surface area contributed by atoms with Crippen LogP contribution in [0.2, 0.25) is 0 Å². The van der Waals surface area contributed by atoms with Gasteiger partial charge in [0.2, 0.25) is 10.0 Å². The highest BCUT2D eigenvalue weighted by molar-refractivity contribution is 7.89. The van der Waals surface area contributed by atoms with E-state index in [0.29, 0.717) is 0 Å². The standard InChI is InChI=1S/C24H25N3O2S/c1-27(2)19-14-12-18(13-15-19)22(23-16-25-24-11-7-6-10-21(23)24)17-26-30(28,29)20-8-4-3-5-9-20/h3-16,22,25-26H,17H2,1-2H3. The largest absolute Gasteiger partial charge is 0.378 e. The highest BCUT2D eigenvalue weighted by atomic mass is 32.2. The van der Waals surface area contributed by atoms with Crippen molar-refractivity contribution in [3.63, 3.8) is 0 Å². The van der Waals surface area contributed by atoms with Gasteiger partial charge in [0.25, 0.3) is 0 Å². The van der Waals surface area contributed by atoms with E-state index < -0.39 is 10.0 Å². The number of benzene rings is 3. The van der Waals surface area contributed by atoms with E-state index >= 15 is 0 Å². The second kappa shape index (κ2) is 8.34. The van der Waals surface area contributed by atoms with Crippen LogP contribution in [0.15, 0.2) is 90.0 Å². The lowest BCUT2D eigenvalue weighted by Crippen LogP contribution is -2.29. The summed E-state index contributed by atoms with van der Waals surface area (Å²) in [7, 11) is 0.403. The van der Waals surface area contributed by atoms with Crippen molar-refractivity contribution < 1.29 is 8.42 Å². The maximum absolute atomic E-state index is 12.8. The molecule has 0 saturated carbocycles. The summed E-state index contributed by atoms with van der Waals surface area (Å²) in [5.41, 5.74) is 4.26. The molecule has 4 rings (SSSR count). The van der Waals surface area contributed by atoms with Crippen molar-refractivity contribution in [1.29, 1.82) is 0 Å². The summed E-state index contributed by atoms with van der Waals surface area (Å²) in [6.45, 7) is 0.264. The fourth-order valence-corrected chi connectivity index (χ4v) is 4.74. The van der Waals surface area contributed by atoms with Crippen LogP contribution >= 0.6 is 0 Å². The number of H-pyrrole nitrogens is 1. The topological polar surface area (TPSA) is 65.2 Å². The van der Waals surface area contributed by atoms with E-state index in [1.807, 2.05) is 43.4 Å². The van der Waals surface area contributed by atoms with Crippen LogP contribution in [0.3, 0.4) is 0 Å². The summed E-state index contributed by atoms with van der Waals surface area (Å²) >= 11 is 0. The molecule has 0 bridgehead atoms. The Bertz CT molecular complexity index is 1230. The predicted octanol–water partition coefficient (Wildman–Crippen LogP) is 4.34. The number of nitrogens with zero attached hydrogens (tertiary/aromatic N) is 1. The van der Waals surface area contributed by atoms with Gasteiger partial charge in [0.05, 0.1) is 4.90 Å². The van der Waals surface area contributed by atoms with E-state index in [1.165, 1.54) is 0 Å². The number of sulfonamides is 1. The molecule has 30 heavy (non-hydrogen) atoms. The Labute approximate surface area is 177 Å². The smallest absolute Gasteiger partial charge is 0.240 e. The summed E-state index contributed by atoms with van der Waals surface area (Å²) < 4.78 is 28.5. The molecule has 2 N–H and O–H groups in total. The van der Waals surface area contributed by atoms with Crippen LogP contribution in [0.1, 0.15) is 17.0 Å². The van der Waals surface area contributed by atoms with Gasteiger partial charge >= 0.3 is 0 Å². The van der Waals surface area contributed by atoms with E-state index in [4.69, 9.17) is 0 Å². The molecule has 6 heteroatoms. The molecule has 1 atom stereocenters. The molecule has 1 unspecified atom stereocenters. The van der Waals surface area contributed by atoms with Gasteiger partial charge in [-0.3, -0.25) is 0 Å². The van der Waals surface area contributed by atoms with Crippen LogP contribution in [-0.2, 0) is 10.0 Å². The normalized spacial score (nSPS) is 12.7. The molecule has 1 heterocycles. The molecule has 0 fully saturated rings. The maximum atomic E-state index is 12.8. The summed E-state index contributed by atoms with van der Waals surface area (Å²) in [6, 6.07) is 24.8. The Morgan fingerprint density at radius 1 is 0.900 bits per heavy atom. The Morgan fingerprint density at radius 3 is 2.27 bits per heavy atom. The molecule has 154 valence electrons. The van der Waals surface area contributed by atoms with Gasteiger partial charge in [-0.05, 0) is 41.5 Å². The van der Waals surface area contributed by atoms with Crippen LogP contribution in [0.25, 0.3) is 10.9 Å². The summed E-state index contributed by atoms with van der Waals surface area (Å²) in [6.07, 6.45) is 1.98. The molecular weight excluding hydrogens is 394 g/mol. The van der Waals surface area contributed by atoms with E-state index in [-0.39, 0.29) is 17.4 Å². The molecule has 0 aliphatic carbocycles. The van der Waals surface area contributed by atoms with Crippen LogP contribution in [-0.4, -0.2) is 34.0 Å². The van der Waals surface area contributed by atoms with Gasteiger partial charge in [-0.15, -0.1) is 0 Å². The third-order valence-electron chi connectivity index (χ3n) is 5.34. The maximum Gasteiger partial charge on any atom is 0.240 e. The lowest BCUT2D eigenvalue weighted by molar-refractivity contribution is 0.577. The molecule has 4 aromatic rings. The number of aromatic amines is 1. The quantitative estimate of drug-likeness (QED) is 0.468. The Balaban J connectivity index is 1.70. The first-order valence-electron chi connectivity index (χ1n) is 9.84. The van der Waals surface area contributed by atoms with Crippen molar-refractivity contribution >= 4 is 26.6 Å². The minimum atomic E-state index is -3.60. The van der Waals surface area contributed by atoms with Gasteiger partial charge in [-0.1, -0.05) is 48.5 Å².